The predicted octanol–water partition coefficient (Wildman–Crippen LogP) is 3.88. The Balaban J connectivity index is 2.29. The van der Waals surface area contributed by atoms with Crippen LogP contribution in [-0.2, 0) is 7.05 Å². The van der Waals surface area contributed by atoms with Crippen molar-refractivity contribution in [3.63, 3.8) is 0 Å². The highest BCUT2D eigenvalue weighted by Gasteiger charge is 2.06. The van der Waals surface area contributed by atoms with Crippen LogP contribution in [0.2, 0.25) is 10.0 Å². The molecule has 1 heterocycles. The van der Waals surface area contributed by atoms with Crippen LogP contribution >= 0.6 is 35.0 Å². The van der Waals surface area contributed by atoms with E-state index in [2.05, 4.69) is 4.98 Å². The van der Waals surface area contributed by atoms with Gasteiger partial charge in [-0.25, -0.2) is 4.98 Å². The maximum atomic E-state index is 6.06. The van der Waals surface area contributed by atoms with Crippen LogP contribution in [0.25, 0.3) is 0 Å². The number of halogens is 2. The van der Waals surface area contributed by atoms with E-state index in [-0.39, 0.29) is 0 Å². The molecule has 0 spiro atoms. The Labute approximate surface area is 102 Å². The number of nitrogens with zero attached hydrogens (tertiary/aromatic N) is 2. The fourth-order valence-electron chi connectivity index (χ4n) is 1.11. The van der Waals surface area contributed by atoms with Gasteiger partial charge in [-0.1, -0.05) is 35.0 Å². The predicted molar refractivity (Wildman–Crippen MR) is 63.8 cm³/mol. The van der Waals surface area contributed by atoms with Crippen molar-refractivity contribution in [3.8, 4) is 0 Å². The van der Waals surface area contributed by atoms with Crippen LogP contribution in [0.15, 0.2) is 40.6 Å². The lowest BCUT2D eigenvalue weighted by Crippen LogP contribution is -1.88. The molecule has 0 aliphatic heterocycles. The molecule has 0 unspecified atom stereocenters. The molecule has 2 nitrogen and oxygen atoms in total. The zero-order chi connectivity index (χ0) is 10.8. The minimum Gasteiger partial charge on any atom is -0.329 e. The van der Waals surface area contributed by atoms with Gasteiger partial charge in [-0.05, 0) is 18.2 Å². The average Bonchev–Trinajstić information content (AvgIpc) is 2.57. The Morgan fingerprint density at radius 2 is 2.13 bits per heavy atom. The van der Waals surface area contributed by atoms with Crippen LogP contribution in [0.4, 0.5) is 0 Å². The smallest absolute Gasteiger partial charge is 0.172 e. The topological polar surface area (TPSA) is 17.8 Å². The second-order valence-electron chi connectivity index (χ2n) is 3.00. The SMILES string of the molecule is Cn1ccnc1Sc1ccc(Cl)cc1Cl. The summed E-state index contributed by atoms with van der Waals surface area (Å²) in [5.41, 5.74) is 0. The van der Waals surface area contributed by atoms with Crippen molar-refractivity contribution in [2.45, 2.75) is 10.1 Å². The summed E-state index contributed by atoms with van der Waals surface area (Å²) < 4.78 is 1.94. The highest BCUT2D eigenvalue weighted by molar-refractivity contribution is 7.99. The minimum absolute atomic E-state index is 0.643. The molecule has 0 fully saturated rings. The molecule has 1 aromatic heterocycles. The molecular formula is C10H8Cl2N2S. The maximum Gasteiger partial charge on any atom is 0.172 e. The molecule has 0 N–H and O–H groups in total. The first-order chi connectivity index (χ1) is 7.16. The molecule has 2 rings (SSSR count). The fraction of sp³-hybridized carbons (Fsp3) is 0.100. The van der Waals surface area contributed by atoms with Crippen LogP contribution in [-0.4, -0.2) is 9.55 Å². The van der Waals surface area contributed by atoms with Gasteiger partial charge in [0.1, 0.15) is 0 Å². The first kappa shape index (κ1) is 10.9. The minimum atomic E-state index is 0.643. The van der Waals surface area contributed by atoms with Gasteiger partial charge in [0.15, 0.2) is 5.16 Å². The van der Waals surface area contributed by atoms with E-state index in [9.17, 15) is 0 Å². The molecule has 15 heavy (non-hydrogen) atoms. The molecular weight excluding hydrogens is 251 g/mol. The number of aryl methyl sites for hydroxylation is 1. The van der Waals surface area contributed by atoms with Gasteiger partial charge in [-0.3, -0.25) is 0 Å². The van der Waals surface area contributed by atoms with Gasteiger partial charge in [0.2, 0.25) is 0 Å². The van der Waals surface area contributed by atoms with Crippen LogP contribution < -0.4 is 0 Å². The lowest BCUT2D eigenvalue weighted by atomic mass is 10.4. The molecule has 78 valence electrons. The first-order valence-corrected chi connectivity index (χ1v) is 5.84. The van der Waals surface area contributed by atoms with E-state index in [4.69, 9.17) is 23.2 Å². The van der Waals surface area contributed by atoms with Crippen LogP contribution in [0.1, 0.15) is 0 Å². The van der Waals surface area contributed by atoms with Gasteiger partial charge < -0.3 is 4.57 Å². The van der Waals surface area contributed by atoms with Crippen molar-refractivity contribution in [3.05, 3.63) is 40.6 Å². The third-order valence-corrected chi connectivity index (χ3v) is 3.68. The largest absolute Gasteiger partial charge is 0.329 e. The molecule has 0 aliphatic rings. The molecule has 0 amide bonds. The number of rotatable bonds is 2. The highest BCUT2D eigenvalue weighted by atomic mass is 35.5. The number of hydrogen-bond donors (Lipinski definition) is 0. The Hall–Kier alpha value is -0.640. The van der Waals surface area contributed by atoms with Gasteiger partial charge in [-0.15, -0.1) is 0 Å². The van der Waals surface area contributed by atoms with Crippen LogP contribution in [0.5, 0.6) is 0 Å². The molecule has 0 radical (unpaired) electrons. The Bertz CT molecular complexity index is 482. The van der Waals surface area contributed by atoms with Crippen LogP contribution in [0.3, 0.4) is 0 Å². The molecule has 2 aromatic rings. The second-order valence-corrected chi connectivity index (χ2v) is 4.85. The van der Waals surface area contributed by atoms with E-state index in [1.807, 2.05) is 29.9 Å². The third kappa shape index (κ3) is 2.48. The van der Waals surface area contributed by atoms with Gasteiger partial charge in [0, 0.05) is 29.4 Å². The molecule has 0 saturated carbocycles. The van der Waals surface area contributed by atoms with Crippen molar-refractivity contribution >= 4 is 35.0 Å². The summed E-state index contributed by atoms with van der Waals surface area (Å²) in [5.74, 6) is 0. The van der Waals surface area contributed by atoms with E-state index in [0.29, 0.717) is 10.0 Å². The number of imidazole rings is 1. The van der Waals surface area contributed by atoms with E-state index in [0.717, 1.165) is 10.1 Å². The van der Waals surface area contributed by atoms with E-state index >= 15 is 0 Å². The Kier molecular flexibility index (Phi) is 3.24. The first-order valence-electron chi connectivity index (χ1n) is 4.27. The Morgan fingerprint density at radius 1 is 1.33 bits per heavy atom. The quantitative estimate of drug-likeness (QED) is 0.814. The van der Waals surface area contributed by atoms with Crippen molar-refractivity contribution in [2.75, 3.05) is 0 Å². The van der Waals surface area contributed by atoms with Crippen molar-refractivity contribution in [2.24, 2.45) is 7.05 Å². The summed E-state index contributed by atoms with van der Waals surface area (Å²) in [6.45, 7) is 0. The maximum absolute atomic E-state index is 6.06. The third-order valence-electron chi connectivity index (χ3n) is 1.87. The van der Waals surface area contributed by atoms with E-state index < -0.39 is 0 Å². The van der Waals surface area contributed by atoms with E-state index in [1.54, 1.807) is 12.3 Å². The summed E-state index contributed by atoms with van der Waals surface area (Å²) in [7, 11) is 1.94. The summed E-state index contributed by atoms with van der Waals surface area (Å²) in [6.07, 6.45) is 3.65. The van der Waals surface area contributed by atoms with Crippen LogP contribution in [0, 0.1) is 0 Å². The molecule has 5 heteroatoms. The average molecular weight is 259 g/mol. The monoisotopic (exact) mass is 258 g/mol. The molecule has 0 atom stereocenters. The molecule has 0 bridgehead atoms. The van der Waals surface area contributed by atoms with Gasteiger partial charge in [0.25, 0.3) is 0 Å². The molecule has 1 aromatic carbocycles. The lowest BCUT2D eigenvalue weighted by molar-refractivity contribution is 0.790. The van der Waals surface area contributed by atoms with E-state index in [1.165, 1.54) is 11.8 Å². The van der Waals surface area contributed by atoms with Crippen molar-refractivity contribution in [1.82, 2.24) is 9.55 Å². The number of aromatic nitrogens is 2. The van der Waals surface area contributed by atoms with Crippen molar-refractivity contribution in [1.29, 1.82) is 0 Å². The zero-order valence-corrected chi connectivity index (χ0v) is 10.3. The number of benzene rings is 1. The summed E-state index contributed by atoms with van der Waals surface area (Å²) in [4.78, 5) is 5.16. The Morgan fingerprint density at radius 3 is 2.73 bits per heavy atom. The second kappa shape index (κ2) is 4.47. The summed E-state index contributed by atoms with van der Waals surface area (Å²) in [6, 6.07) is 5.44. The fourth-order valence-corrected chi connectivity index (χ4v) is 2.44. The molecule has 0 aliphatic carbocycles. The normalized spacial score (nSPS) is 10.6. The van der Waals surface area contributed by atoms with Gasteiger partial charge in [0.05, 0.1) is 5.02 Å². The van der Waals surface area contributed by atoms with Gasteiger partial charge >= 0.3 is 0 Å². The van der Waals surface area contributed by atoms with Gasteiger partial charge in [-0.2, -0.15) is 0 Å². The summed E-state index contributed by atoms with van der Waals surface area (Å²) >= 11 is 13.4. The lowest BCUT2D eigenvalue weighted by Gasteiger charge is -2.03. The molecule has 0 saturated heterocycles. The zero-order valence-electron chi connectivity index (χ0n) is 7.95. The number of hydrogen-bond acceptors (Lipinski definition) is 2. The summed E-state index contributed by atoms with van der Waals surface area (Å²) in [5, 5.41) is 2.19. The van der Waals surface area contributed by atoms with Crippen molar-refractivity contribution < 1.29 is 0 Å². The standard InChI is InChI=1S/C10H8Cl2N2S/c1-14-5-4-13-10(14)15-9-3-2-7(11)6-8(9)12/h2-6H,1H3. The highest BCUT2D eigenvalue weighted by Crippen LogP contribution is 2.33.